The van der Waals surface area contributed by atoms with Gasteiger partial charge in [-0.15, -0.1) is 13.8 Å². The number of anilines is 4. The van der Waals surface area contributed by atoms with E-state index in [1.165, 1.54) is 48.5 Å². The maximum atomic E-state index is 13.2. The Bertz CT molecular complexity index is 3690. The fourth-order valence-corrected chi connectivity index (χ4v) is 10.0. The van der Waals surface area contributed by atoms with Crippen molar-refractivity contribution in [3.8, 4) is 5.75 Å². The number of phenols is 1. The number of nitrogens with one attached hydrogen (secondary N) is 3. The number of fused-ring (bicyclic) bond motifs is 1. The summed E-state index contributed by atoms with van der Waals surface area (Å²) in [6.07, 6.45) is 0. The van der Waals surface area contributed by atoms with Crippen molar-refractivity contribution in [3.63, 3.8) is 0 Å². The third-order valence-electron chi connectivity index (χ3n) is 8.86. The van der Waals surface area contributed by atoms with Crippen LogP contribution in [-0.2, 0) is 63.3 Å². The van der Waals surface area contributed by atoms with Crippen LogP contribution in [0.5, 0.6) is 5.75 Å². The first-order chi connectivity index (χ1) is 33.0. The molecule has 0 aliphatic rings. The Balaban J connectivity index is 1.14. The summed E-state index contributed by atoms with van der Waals surface area (Å²) in [5.74, 6) is -1.65. The van der Waals surface area contributed by atoms with Crippen molar-refractivity contribution in [1.82, 2.24) is 0 Å². The van der Waals surface area contributed by atoms with E-state index in [9.17, 15) is 52.9 Å². The minimum atomic E-state index is -5.02. The molecule has 6 aromatic carbocycles. The summed E-state index contributed by atoms with van der Waals surface area (Å²) in [4.78, 5) is 24.4. The van der Waals surface area contributed by atoms with Crippen LogP contribution >= 0.6 is 24.1 Å². The number of hydrogen-bond acceptors (Lipinski definition) is 27. The van der Waals surface area contributed by atoms with E-state index < -0.39 is 90.2 Å². The minimum Gasteiger partial charge on any atom is -0.505 e. The van der Waals surface area contributed by atoms with Gasteiger partial charge in [-0.2, -0.15) is 32.2 Å². The molecule has 0 fully saturated rings. The highest BCUT2D eigenvalue weighted by atomic mass is 32.3. The second-order valence-corrected chi connectivity index (χ2v) is 21.2. The average Bonchev–Trinajstić information content (AvgIpc) is 3.29. The highest BCUT2D eigenvalue weighted by Gasteiger charge is 2.24. The lowest BCUT2D eigenvalue weighted by Gasteiger charge is -2.12. The summed E-state index contributed by atoms with van der Waals surface area (Å²) >= 11 is 0.769. The van der Waals surface area contributed by atoms with Gasteiger partial charge in [-0.1, -0.05) is 10.1 Å². The van der Waals surface area contributed by atoms with Gasteiger partial charge in [-0.25, -0.2) is 31.5 Å². The zero-order valence-corrected chi connectivity index (χ0v) is 39.2. The van der Waals surface area contributed by atoms with E-state index in [2.05, 4.69) is 58.9 Å². The Morgan fingerprint density at radius 1 is 0.700 bits per heavy atom. The van der Waals surface area contributed by atoms with E-state index in [1.54, 1.807) is 0 Å². The summed E-state index contributed by atoms with van der Waals surface area (Å²) in [7, 11) is -18.4. The van der Waals surface area contributed by atoms with Crippen LogP contribution in [0.25, 0.3) is 10.8 Å². The third-order valence-corrected chi connectivity index (χ3v) is 14.5. The van der Waals surface area contributed by atoms with E-state index in [1.807, 2.05) is 0 Å². The minimum absolute atomic E-state index is 0.00976. The lowest BCUT2D eigenvalue weighted by molar-refractivity contribution is -0.432. The Labute approximate surface area is 401 Å². The van der Waals surface area contributed by atoms with E-state index in [4.69, 9.17) is 20.8 Å². The molecule has 370 valence electrons. The maximum absolute atomic E-state index is 13.2. The first-order valence-corrected chi connectivity index (χ1v) is 25.9. The molecule has 0 heterocycles. The summed E-state index contributed by atoms with van der Waals surface area (Å²) in [5, 5.41) is 49.6. The number of nitrogen functional groups attached to an aromatic ring is 1. The van der Waals surface area contributed by atoms with Crippen LogP contribution in [0.2, 0.25) is 0 Å². The number of sulfonamides is 1. The van der Waals surface area contributed by atoms with Crippen molar-refractivity contribution in [2.45, 2.75) is 24.5 Å². The Hall–Kier alpha value is -6.48. The number of sulfone groups is 1. The summed E-state index contributed by atoms with van der Waals surface area (Å²) < 4.78 is 132. The van der Waals surface area contributed by atoms with Gasteiger partial charge in [0, 0.05) is 21.7 Å². The fraction of sp³-hybridized carbons (Fsp3) is 0.0556. The number of hydrogen-bond donors (Lipinski definition) is 9. The molecule has 6 aromatic rings. The number of aromatic hydroxyl groups is 1. The second kappa shape index (κ2) is 22.1. The molecule has 6 rings (SSSR count). The van der Waals surface area contributed by atoms with Gasteiger partial charge >= 0.3 is 10.4 Å². The predicted molar refractivity (Wildman–Crippen MR) is 245 cm³/mol. The van der Waals surface area contributed by atoms with Crippen molar-refractivity contribution < 1.29 is 81.3 Å². The molecule has 0 saturated heterocycles. The van der Waals surface area contributed by atoms with Crippen LogP contribution in [0.1, 0.15) is 0 Å². The van der Waals surface area contributed by atoms with Crippen molar-refractivity contribution in [1.29, 1.82) is 0 Å². The molecule has 0 atom stereocenters. The quantitative estimate of drug-likeness (QED) is 0.0124. The molecule has 10 N–H and O–H groups in total. The largest absolute Gasteiger partial charge is 0.505 e. The Morgan fingerprint density at radius 3 is 2.01 bits per heavy atom. The monoisotopic (exact) mass is 1090 g/mol. The number of rotatable bonds is 21. The predicted octanol–water partition coefficient (Wildman–Crippen LogP) is 3.49. The first-order valence-electron chi connectivity index (χ1n) is 18.4. The van der Waals surface area contributed by atoms with Crippen molar-refractivity contribution >= 4 is 109 Å². The zero-order valence-electron chi connectivity index (χ0n) is 34.3. The lowest BCUT2D eigenvalue weighted by Crippen LogP contribution is -2.48. The molecule has 0 aliphatic heterocycles. The molecular formula is C36H30N8O20S6. The molecule has 28 nitrogen and oxygen atoms in total. The SMILES string of the molecule is Nc1cc(SOOO)cc2cc(S(=O)(=O)O)c(N=Nc3ccc(S(=O)(=O)Nc4ccc(NN=c5ccc(=O)c(=NNc6ccc(S(=O)(=O)CCOS(=O)(=O)O)cc6SOOO)c5=O)cc4)cc3)c(O)c12. The van der Waals surface area contributed by atoms with Crippen molar-refractivity contribution in [2.75, 3.05) is 33.7 Å². The zero-order chi connectivity index (χ0) is 51.0. The van der Waals surface area contributed by atoms with E-state index >= 15 is 0 Å². The Kier molecular flexibility index (Phi) is 16.7. The van der Waals surface area contributed by atoms with Crippen LogP contribution in [0, 0.1) is 0 Å². The maximum Gasteiger partial charge on any atom is 0.397 e. The number of nitrogens with zero attached hydrogens (tertiary/aromatic N) is 4. The van der Waals surface area contributed by atoms with Crippen LogP contribution < -0.4 is 42.9 Å². The second-order valence-electron chi connectivity index (χ2n) is 13.4. The number of phenolic OH excluding ortho intramolecular Hbond substituents is 1. The molecule has 0 saturated carbocycles. The molecule has 0 spiro atoms. The van der Waals surface area contributed by atoms with Crippen LogP contribution in [-0.4, -0.2) is 70.8 Å². The first kappa shape index (κ1) is 52.9. The number of nitrogens with two attached hydrogens (primary N) is 1. The van der Waals surface area contributed by atoms with Gasteiger partial charge in [-0.3, -0.25) is 34.3 Å². The van der Waals surface area contributed by atoms with Gasteiger partial charge in [0.05, 0.1) is 68.2 Å². The van der Waals surface area contributed by atoms with Gasteiger partial charge in [0.1, 0.15) is 15.9 Å². The number of azo groups is 1. The molecule has 0 radical (unpaired) electrons. The lowest BCUT2D eigenvalue weighted by atomic mass is 10.1. The topological polar surface area (TPSA) is 430 Å². The molecule has 70 heavy (non-hydrogen) atoms. The highest BCUT2D eigenvalue weighted by Crippen LogP contribution is 2.45. The van der Waals surface area contributed by atoms with Crippen molar-refractivity contribution in [3.05, 3.63) is 128 Å². The van der Waals surface area contributed by atoms with Crippen molar-refractivity contribution in [2.24, 2.45) is 20.4 Å². The Morgan fingerprint density at radius 2 is 1.36 bits per heavy atom. The van der Waals surface area contributed by atoms with Gasteiger partial charge in [0.2, 0.25) is 10.9 Å². The van der Waals surface area contributed by atoms with Gasteiger partial charge < -0.3 is 10.8 Å². The normalized spacial score (nSPS) is 13.0. The summed E-state index contributed by atoms with van der Waals surface area (Å²) in [6, 6.07) is 19.0. The van der Waals surface area contributed by atoms with E-state index in [-0.39, 0.29) is 71.3 Å². The van der Waals surface area contributed by atoms with Crippen LogP contribution in [0.3, 0.4) is 0 Å². The van der Waals surface area contributed by atoms with Gasteiger partial charge in [0.15, 0.2) is 20.9 Å². The third kappa shape index (κ3) is 13.4. The molecule has 34 heteroatoms. The van der Waals surface area contributed by atoms with E-state index in [0.717, 1.165) is 48.5 Å². The molecule has 0 bridgehead atoms. The molecule has 0 unspecified atom stereocenters. The summed E-state index contributed by atoms with van der Waals surface area (Å²) in [5.41, 5.74) is 8.70. The van der Waals surface area contributed by atoms with Crippen LogP contribution in [0.4, 0.5) is 34.1 Å². The van der Waals surface area contributed by atoms with Gasteiger partial charge in [-0.05, 0) is 102 Å². The van der Waals surface area contributed by atoms with E-state index in [0.29, 0.717) is 12.0 Å². The highest BCUT2D eigenvalue weighted by molar-refractivity contribution is 7.95. The standard InChI is InChI=1S/C36H30N8O20S6/c37-26-17-23(65-63-61-48)15-19-16-31(69(54,55)56)34(36(47)32(19)26)43-39-21-5-7-24(8-6-21)68(52,53)44-22-3-1-20(2-4-22)38-41-28-11-12-29(45)33(35(28)46)42-40-27-10-9-25(18-30(27)66-64-62-49)67(50,51)14-13-60-70(57,58)59/h1-12,15-18,38,40,44,47-49H,13-14,37H2,(H,54,55,56)(H,57,58,59). The molecular weight excluding hydrogens is 1060 g/mol. The fourth-order valence-electron chi connectivity index (χ4n) is 5.77. The molecule has 0 aliphatic carbocycles. The smallest absolute Gasteiger partial charge is 0.397 e. The molecule has 0 amide bonds. The average molecular weight is 1090 g/mol. The van der Waals surface area contributed by atoms with Crippen LogP contribution in [0.15, 0.2) is 152 Å². The van der Waals surface area contributed by atoms with Gasteiger partial charge in [0.25, 0.3) is 20.1 Å². The number of benzene rings is 6. The summed E-state index contributed by atoms with van der Waals surface area (Å²) in [6.45, 7) is -0.922. The molecule has 0 aromatic heterocycles.